The first-order valence-electron chi connectivity index (χ1n) is 7.60. The van der Waals surface area contributed by atoms with Gasteiger partial charge < -0.3 is 5.32 Å². The molecule has 2 N–H and O–H groups in total. The lowest BCUT2D eigenvalue weighted by molar-refractivity contribution is 0.262. The lowest BCUT2D eigenvalue weighted by Gasteiger charge is -2.07. The fourth-order valence-corrected chi connectivity index (χ4v) is 3.56. The number of amides is 2. The second-order valence-corrected chi connectivity index (χ2v) is 6.62. The molecule has 0 saturated carbocycles. The Morgan fingerprint density at radius 1 is 1.13 bits per heavy atom. The number of nitrogens with one attached hydrogen (secondary N) is 2. The maximum absolute atomic E-state index is 12.2. The van der Waals surface area contributed by atoms with Gasteiger partial charge in [0.1, 0.15) is 0 Å². The van der Waals surface area contributed by atoms with Gasteiger partial charge in [0, 0.05) is 5.69 Å². The molecule has 1 aromatic heterocycles. The van der Waals surface area contributed by atoms with E-state index in [4.69, 9.17) is 0 Å². The van der Waals surface area contributed by atoms with E-state index >= 15 is 0 Å². The van der Waals surface area contributed by atoms with Gasteiger partial charge in [-0.1, -0.05) is 36.5 Å². The monoisotopic (exact) mass is 325 g/mol. The van der Waals surface area contributed by atoms with Gasteiger partial charge in [-0.05, 0) is 55.2 Å². The lowest BCUT2D eigenvalue weighted by Crippen LogP contribution is -2.19. The number of thiazole rings is 1. The van der Waals surface area contributed by atoms with Crippen molar-refractivity contribution in [1.82, 2.24) is 4.98 Å². The number of para-hydroxylation sites is 1. The standard InChI is InChI=1S/C18H19N3OS/c1-4-13-6-5-7-15-16(13)20-18(23-15)21-17(22)19-14-9-11(2)8-12(3)10-14/h5-10H,4H2,1-3H3,(H2,19,20,21,22). The van der Waals surface area contributed by atoms with Crippen LogP contribution in [0.4, 0.5) is 15.6 Å². The lowest BCUT2D eigenvalue weighted by atomic mass is 10.1. The Kier molecular flexibility index (Phi) is 4.30. The molecule has 0 fully saturated rings. The molecule has 0 atom stereocenters. The molecule has 0 aliphatic carbocycles. The number of benzene rings is 2. The highest BCUT2D eigenvalue weighted by atomic mass is 32.1. The van der Waals surface area contributed by atoms with Crippen molar-refractivity contribution in [3.05, 3.63) is 53.1 Å². The molecule has 5 heteroatoms. The van der Waals surface area contributed by atoms with E-state index in [1.807, 2.05) is 38.1 Å². The Labute approximate surface area is 139 Å². The molecule has 0 aliphatic rings. The van der Waals surface area contributed by atoms with Gasteiger partial charge in [-0.15, -0.1) is 0 Å². The van der Waals surface area contributed by atoms with Gasteiger partial charge in [-0.3, -0.25) is 5.32 Å². The molecule has 3 rings (SSSR count). The molecule has 118 valence electrons. The number of carbonyl (C=O) groups is 1. The van der Waals surface area contributed by atoms with Crippen molar-refractivity contribution in [2.45, 2.75) is 27.2 Å². The van der Waals surface area contributed by atoms with Gasteiger partial charge in [0.15, 0.2) is 5.13 Å². The van der Waals surface area contributed by atoms with Gasteiger partial charge >= 0.3 is 6.03 Å². The fourth-order valence-electron chi connectivity index (χ4n) is 2.65. The van der Waals surface area contributed by atoms with Crippen LogP contribution < -0.4 is 10.6 Å². The zero-order chi connectivity index (χ0) is 16.4. The minimum Gasteiger partial charge on any atom is -0.308 e. The van der Waals surface area contributed by atoms with Crippen LogP contribution in [0, 0.1) is 13.8 Å². The number of urea groups is 1. The van der Waals surface area contributed by atoms with Crippen molar-refractivity contribution in [2.24, 2.45) is 0 Å². The van der Waals surface area contributed by atoms with Crippen LogP contribution in [0.2, 0.25) is 0 Å². The Morgan fingerprint density at radius 3 is 2.57 bits per heavy atom. The summed E-state index contributed by atoms with van der Waals surface area (Å²) in [6.07, 6.45) is 0.926. The summed E-state index contributed by atoms with van der Waals surface area (Å²) in [5.41, 5.74) is 5.19. The molecule has 0 saturated heterocycles. The molecule has 2 aromatic carbocycles. The third-order valence-corrected chi connectivity index (χ3v) is 4.52. The molecule has 0 aliphatic heterocycles. The number of aromatic nitrogens is 1. The number of nitrogens with zero attached hydrogens (tertiary/aromatic N) is 1. The predicted octanol–water partition coefficient (Wildman–Crippen LogP) is 5.12. The summed E-state index contributed by atoms with van der Waals surface area (Å²) in [6.45, 7) is 6.12. The average molecular weight is 325 g/mol. The molecule has 3 aromatic rings. The number of anilines is 2. The maximum atomic E-state index is 12.2. The van der Waals surface area contributed by atoms with E-state index in [9.17, 15) is 4.79 Å². The van der Waals surface area contributed by atoms with Crippen molar-refractivity contribution in [3.63, 3.8) is 0 Å². The average Bonchev–Trinajstić information content (AvgIpc) is 2.87. The summed E-state index contributed by atoms with van der Waals surface area (Å²) < 4.78 is 1.09. The molecule has 2 amide bonds. The van der Waals surface area contributed by atoms with Crippen molar-refractivity contribution in [3.8, 4) is 0 Å². The van der Waals surface area contributed by atoms with E-state index in [-0.39, 0.29) is 6.03 Å². The number of hydrogen-bond donors (Lipinski definition) is 2. The van der Waals surface area contributed by atoms with Crippen LogP contribution in [0.3, 0.4) is 0 Å². The van der Waals surface area contributed by atoms with E-state index in [0.717, 1.165) is 33.5 Å². The highest BCUT2D eigenvalue weighted by Gasteiger charge is 2.10. The minimum absolute atomic E-state index is 0.271. The zero-order valence-corrected chi connectivity index (χ0v) is 14.3. The van der Waals surface area contributed by atoms with Crippen LogP contribution in [-0.2, 0) is 6.42 Å². The van der Waals surface area contributed by atoms with Gasteiger partial charge in [0.05, 0.1) is 10.2 Å². The number of aryl methyl sites for hydroxylation is 3. The summed E-state index contributed by atoms with van der Waals surface area (Å²) in [5, 5.41) is 6.30. The summed E-state index contributed by atoms with van der Waals surface area (Å²) in [6, 6.07) is 11.8. The summed E-state index contributed by atoms with van der Waals surface area (Å²) in [4.78, 5) is 16.7. The molecular formula is C18H19N3OS. The number of hydrogen-bond acceptors (Lipinski definition) is 3. The van der Waals surface area contributed by atoms with Crippen molar-refractivity contribution in [1.29, 1.82) is 0 Å². The van der Waals surface area contributed by atoms with E-state index in [2.05, 4.69) is 34.7 Å². The first-order chi connectivity index (χ1) is 11.0. The molecular weight excluding hydrogens is 306 g/mol. The molecule has 1 heterocycles. The van der Waals surface area contributed by atoms with Crippen molar-refractivity contribution >= 4 is 38.4 Å². The normalized spacial score (nSPS) is 10.7. The largest absolute Gasteiger partial charge is 0.325 e. The van der Waals surface area contributed by atoms with Crippen LogP contribution in [0.15, 0.2) is 36.4 Å². The Balaban J connectivity index is 1.77. The van der Waals surface area contributed by atoms with Crippen LogP contribution >= 0.6 is 11.3 Å². The fraction of sp³-hybridized carbons (Fsp3) is 0.222. The summed E-state index contributed by atoms with van der Waals surface area (Å²) in [5.74, 6) is 0. The topological polar surface area (TPSA) is 54.0 Å². The highest BCUT2D eigenvalue weighted by Crippen LogP contribution is 2.28. The van der Waals surface area contributed by atoms with Crippen molar-refractivity contribution in [2.75, 3.05) is 10.6 Å². The van der Waals surface area contributed by atoms with Crippen molar-refractivity contribution < 1.29 is 4.79 Å². The molecule has 0 unspecified atom stereocenters. The zero-order valence-electron chi connectivity index (χ0n) is 13.4. The third kappa shape index (κ3) is 3.51. The quantitative estimate of drug-likeness (QED) is 0.702. The molecule has 23 heavy (non-hydrogen) atoms. The van der Waals surface area contributed by atoms with Gasteiger partial charge in [-0.2, -0.15) is 0 Å². The third-order valence-electron chi connectivity index (χ3n) is 3.58. The van der Waals surface area contributed by atoms with E-state index in [0.29, 0.717) is 5.13 Å². The molecule has 0 spiro atoms. The first-order valence-corrected chi connectivity index (χ1v) is 8.41. The van der Waals surface area contributed by atoms with Crippen LogP contribution in [0.5, 0.6) is 0 Å². The molecule has 0 bridgehead atoms. The number of carbonyl (C=O) groups excluding carboxylic acids is 1. The van der Waals surface area contributed by atoms with Gasteiger partial charge in [-0.25, -0.2) is 9.78 Å². The smallest absolute Gasteiger partial charge is 0.308 e. The van der Waals surface area contributed by atoms with Gasteiger partial charge in [0.2, 0.25) is 0 Å². The van der Waals surface area contributed by atoms with Crippen LogP contribution in [-0.4, -0.2) is 11.0 Å². The second-order valence-electron chi connectivity index (χ2n) is 5.59. The van der Waals surface area contributed by atoms with Gasteiger partial charge in [0.25, 0.3) is 0 Å². The Bertz CT molecular complexity index is 850. The van der Waals surface area contributed by atoms with Crippen LogP contribution in [0.1, 0.15) is 23.6 Å². The second kappa shape index (κ2) is 6.38. The number of rotatable bonds is 3. The van der Waals surface area contributed by atoms with E-state index in [1.165, 1.54) is 16.9 Å². The van der Waals surface area contributed by atoms with E-state index < -0.39 is 0 Å². The SMILES string of the molecule is CCc1cccc2sc(NC(=O)Nc3cc(C)cc(C)c3)nc12. The Morgan fingerprint density at radius 2 is 1.87 bits per heavy atom. The molecule has 4 nitrogen and oxygen atoms in total. The maximum Gasteiger partial charge on any atom is 0.325 e. The van der Waals surface area contributed by atoms with E-state index in [1.54, 1.807) is 0 Å². The Hall–Kier alpha value is -2.40. The van der Waals surface area contributed by atoms with Crippen LogP contribution in [0.25, 0.3) is 10.2 Å². The predicted molar refractivity (Wildman–Crippen MR) is 97.6 cm³/mol. The highest BCUT2D eigenvalue weighted by molar-refractivity contribution is 7.22. The summed E-state index contributed by atoms with van der Waals surface area (Å²) >= 11 is 1.49. The molecule has 0 radical (unpaired) electrons. The first kappa shape index (κ1) is 15.5. The number of fused-ring (bicyclic) bond motifs is 1. The summed E-state index contributed by atoms with van der Waals surface area (Å²) in [7, 11) is 0. The minimum atomic E-state index is -0.271.